The van der Waals surface area contributed by atoms with Crippen molar-refractivity contribution in [2.24, 2.45) is 10.9 Å². The molecule has 6 heteroatoms. The largest absolute Gasteiger partial charge is 0.484 e. The second kappa shape index (κ2) is 8.53. The third-order valence-electron chi connectivity index (χ3n) is 5.44. The van der Waals surface area contributed by atoms with Crippen molar-refractivity contribution >= 4 is 28.4 Å². The molecule has 1 saturated heterocycles. The number of piperidine rings is 1. The predicted molar refractivity (Wildman–Crippen MR) is 117 cm³/mol. The molecule has 5 nitrogen and oxygen atoms in total. The third-order valence-corrected chi connectivity index (χ3v) is 5.44. The Balaban J connectivity index is 1.51. The number of carbonyl (C=O) groups excluding carboxylic acids is 1. The van der Waals surface area contributed by atoms with E-state index in [1.54, 1.807) is 12.0 Å². The van der Waals surface area contributed by atoms with Crippen LogP contribution in [0.15, 0.2) is 66.2 Å². The number of hydrogen-bond acceptors (Lipinski definition) is 3. The number of ether oxygens (including phenoxy) is 1. The second-order valence-corrected chi connectivity index (χ2v) is 7.47. The van der Waals surface area contributed by atoms with Gasteiger partial charge in [0.2, 0.25) is 0 Å². The van der Waals surface area contributed by atoms with Crippen LogP contribution in [0.2, 0.25) is 0 Å². The molecule has 1 aliphatic heterocycles. The molecule has 0 saturated carbocycles. The summed E-state index contributed by atoms with van der Waals surface area (Å²) in [5.74, 6) is 0.0847. The molecule has 1 aliphatic rings. The Morgan fingerprint density at radius 2 is 2.00 bits per heavy atom. The van der Waals surface area contributed by atoms with Crippen LogP contribution in [-0.2, 0) is 4.74 Å². The molecule has 30 heavy (non-hydrogen) atoms. The van der Waals surface area contributed by atoms with Crippen molar-refractivity contribution in [1.82, 2.24) is 9.88 Å². The second-order valence-electron chi connectivity index (χ2n) is 7.47. The number of halogens is 1. The van der Waals surface area contributed by atoms with E-state index in [-0.39, 0.29) is 17.6 Å². The molecule has 3 aromatic rings. The normalized spacial score (nSPS) is 17.2. The Morgan fingerprint density at radius 1 is 1.23 bits per heavy atom. The summed E-state index contributed by atoms with van der Waals surface area (Å²) < 4.78 is 18.8. The lowest BCUT2D eigenvalue weighted by atomic mass is 9.97. The van der Waals surface area contributed by atoms with Crippen molar-refractivity contribution in [3.05, 3.63) is 78.3 Å². The molecule has 0 spiro atoms. The number of amides is 1. The minimum absolute atomic E-state index is 0.0192. The van der Waals surface area contributed by atoms with Crippen LogP contribution in [0.5, 0.6) is 0 Å². The zero-order valence-electron chi connectivity index (χ0n) is 16.9. The van der Waals surface area contributed by atoms with Gasteiger partial charge >= 0.3 is 0 Å². The number of benzene rings is 2. The van der Waals surface area contributed by atoms with Crippen molar-refractivity contribution in [3.63, 3.8) is 0 Å². The number of nitrogens with one attached hydrogen (secondary N) is 1. The number of aromatic amines is 1. The summed E-state index contributed by atoms with van der Waals surface area (Å²) in [6.45, 7) is 5.26. The zero-order valence-corrected chi connectivity index (χ0v) is 16.9. The molecule has 0 radical (unpaired) electrons. The van der Waals surface area contributed by atoms with Crippen molar-refractivity contribution in [2.75, 3.05) is 20.2 Å². The van der Waals surface area contributed by atoms with Crippen LogP contribution in [0.4, 0.5) is 4.39 Å². The summed E-state index contributed by atoms with van der Waals surface area (Å²) in [5, 5.41) is 1.09. The number of likely N-dealkylation sites (tertiary alicyclic amines) is 1. The number of rotatable bonds is 4. The summed E-state index contributed by atoms with van der Waals surface area (Å²) in [7, 11) is 1.60. The molecule has 2 heterocycles. The minimum atomic E-state index is -0.354. The smallest absolute Gasteiger partial charge is 0.253 e. The number of nitrogens with zero attached hydrogens (tertiary/aromatic N) is 2. The van der Waals surface area contributed by atoms with Crippen LogP contribution < -0.4 is 0 Å². The van der Waals surface area contributed by atoms with Crippen LogP contribution >= 0.6 is 0 Å². The molecule has 0 aliphatic carbocycles. The summed E-state index contributed by atoms with van der Waals surface area (Å²) in [6.07, 6.45) is 1.72. The highest BCUT2D eigenvalue weighted by Gasteiger charge is 2.28. The van der Waals surface area contributed by atoms with Gasteiger partial charge in [0.05, 0.1) is 24.4 Å². The summed E-state index contributed by atoms with van der Waals surface area (Å²) in [6, 6.07) is 15.7. The molecule has 2 aromatic carbocycles. The fraction of sp³-hybridized carbons (Fsp3) is 0.250. The number of aliphatic imine (C=N–C) groups is 1. The molecule has 0 unspecified atom stereocenters. The molecule has 1 amide bonds. The molecule has 1 fully saturated rings. The fourth-order valence-corrected chi connectivity index (χ4v) is 3.86. The molecule has 1 aromatic heterocycles. The Hall–Kier alpha value is -3.41. The van der Waals surface area contributed by atoms with Gasteiger partial charge in [-0.2, -0.15) is 0 Å². The molecule has 0 bridgehead atoms. The predicted octanol–water partition coefficient (Wildman–Crippen LogP) is 4.88. The van der Waals surface area contributed by atoms with Crippen LogP contribution in [-0.4, -0.2) is 41.9 Å². The first-order chi connectivity index (χ1) is 14.5. The Kier molecular flexibility index (Phi) is 5.65. The van der Waals surface area contributed by atoms with E-state index in [9.17, 15) is 9.18 Å². The number of H-pyrrole nitrogens is 1. The first kappa shape index (κ1) is 19.9. The number of carbonyl (C=O) groups is 1. The minimum Gasteiger partial charge on any atom is -0.484 e. The van der Waals surface area contributed by atoms with Crippen molar-refractivity contribution in [1.29, 1.82) is 0 Å². The van der Waals surface area contributed by atoms with Gasteiger partial charge in [-0.1, -0.05) is 24.8 Å². The maximum absolute atomic E-state index is 13.2. The van der Waals surface area contributed by atoms with Gasteiger partial charge in [0.15, 0.2) is 5.90 Å². The van der Waals surface area contributed by atoms with Crippen molar-refractivity contribution < 1.29 is 13.9 Å². The van der Waals surface area contributed by atoms with Crippen LogP contribution in [0, 0.1) is 11.7 Å². The van der Waals surface area contributed by atoms with Crippen molar-refractivity contribution in [2.45, 2.75) is 12.8 Å². The van der Waals surface area contributed by atoms with Gasteiger partial charge < -0.3 is 14.6 Å². The first-order valence-corrected chi connectivity index (χ1v) is 9.99. The number of methoxy groups -OCH3 is 1. The standard InChI is InChI=1S/C24H24FN3O2/c1-16(22-14-18-6-3-4-8-21(18)27-22)26-23(30-2)19-7-5-13-28(15-19)24(29)17-9-11-20(25)12-10-17/h3-4,6,8-12,14,19,27H,1,5,7,13,15H2,2H3/t19-/m0/s1. The lowest BCUT2D eigenvalue weighted by Gasteiger charge is -2.32. The highest BCUT2D eigenvalue weighted by atomic mass is 19.1. The van der Waals surface area contributed by atoms with Crippen LogP contribution in [0.25, 0.3) is 16.6 Å². The Bertz CT molecular complexity index is 1070. The number of para-hydroxylation sites is 1. The lowest BCUT2D eigenvalue weighted by Crippen LogP contribution is -2.42. The topological polar surface area (TPSA) is 57.7 Å². The highest BCUT2D eigenvalue weighted by molar-refractivity contribution is 5.95. The maximum atomic E-state index is 13.2. The van der Waals surface area contributed by atoms with Gasteiger partial charge in [-0.3, -0.25) is 4.79 Å². The zero-order chi connectivity index (χ0) is 21.1. The van der Waals surface area contributed by atoms with E-state index < -0.39 is 0 Å². The summed E-state index contributed by atoms with van der Waals surface area (Å²) in [4.78, 5) is 22.6. The number of hydrogen-bond donors (Lipinski definition) is 1. The third kappa shape index (κ3) is 4.13. The number of aromatic nitrogens is 1. The summed E-state index contributed by atoms with van der Waals surface area (Å²) in [5.41, 5.74) is 2.93. The van der Waals surface area contributed by atoms with Crippen LogP contribution in [0.1, 0.15) is 28.9 Å². The van der Waals surface area contributed by atoms with Gasteiger partial charge in [0.1, 0.15) is 5.82 Å². The van der Waals surface area contributed by atoms with Gasteiger partial charge in [0, 0.05) is 29.6 Å². The van der Waals surface area contributed by atoms with E-state index in [4.69, 9.17) is 4.74 Å². The lowest BCUT2D eigenvalue weighted by molar-refractivity contribution is 0.0695. The molecule has 1 N–H and O–H groups in total. The fourth-order valence-electron chi connectivity index (χ4n) is 3.86. The van der Waals surface area contributed by atoms with E-state index in [0.717, 1.165) is 29.4 Å². The Labute approximate surface area is 174 Å². The Morgan fingerprint density at radius 3 is 2.73 bits per heavy atom. The molecule has 4 rings (SSSR count). The average molecular weight is 405 g/mol. The monoisotopic (exact) mass is 405 g/mol. The molecular weight excluding hydrogens is 381 g/mol. The van der Waals surface area contributed by atoms with E-state index in [1.807, 2.05) is 30.3 Å². The maximum Gasteiger partial charge on any atom is 0.253 e. The van der Waals surface area contributed by atoms with Gasteiger partial charge in [-0.15, -0.1) is 0 Å². The van der Waals surface area contributed by atoms with Gasteiger partial charge in [-0.25, -0.2) is 9.38 Å². The number of fused-ring (bicyclic) bond motifs is 1. The average Bonchev–Trinajstić information content (AvgIpc) is 3.22. The van der Waals surface area contributed by atoms with Gasteiger partial charge in [-0.05, 0) is 49.2 Å². The molecular formula is C24H24FN3O2. The van der Waals surface area contributed by atoms with E-state index in [0.29, 0.717) is 30.2 Å². The molecule has 154 valence electrons. The van der Waals surface area contributed by atoms with Crippen LogP contribution in [0.3, 0.4) is 0 Å². The van der Waals surface area contributed by atoms with Gasteiger partial charge in [0.25, 0.3) is 5.91 Å². The van der Waals surface area contributed by atoms with E-state index >= 15 is 0 Å². The van der Waals surface area contributed by atoms with E-state index in [1.165, 1.54) is 24.3 Å². The highest BCUT2D eigenvalue weighted by Crippen LogP contribution is 2.24. The van der Waals surface area contributed by atoms with E-state index in [2.05, 4.69) is 16.6 Å². The first-order valence-electron chi connectivity index (χ1n) is 9.99. The summed E-state index contributed by atoms with van der Waals surface area (Å²) >= 11 is 0. The molecule has 1 atom stereocenters. The quantitative estimate of drug-likeness (QED) is 0.497. The van der Waals surface area contributed by atoms with Crippen molar-refractivity contribution in [3.8, 4) is 0 Å². The SMILES string of the molecule is C=C(N=C(OC)[C@H]1CCCN(C(=O)c2ccc(F)cc2)C1)c1cc2ccccc2[nH]1.